The molecule has 2 rings (SSSR count). The van der Waals surface area contributed by atoms with E-state index in [1.54, 1.807) is 13.3 Å². The zero-order valence-electron chi connectivity index (χ0n) is 9.07. The summed E-state index contributed by atoms with van der Waals surface area (Å²) in [7, 11) is 1.65. The Hall–Kier alpha value is -1.42. The predicted molar refractivity (Wildman–Crippen MR) is 66.5 cm³/mol. The van der Waals surface area contributed by atoms with Crippen molar-refractivity contribution in [3.05, 3.63) is 40.8 Å². The van der Waals surface area contributed by atoms with Gasteiger partial charge >= 0.3 is 0 Å². The number of ether oxygens (including phenoxy) is 1. The van der Waals surface area contributed by atoms with Gasteiger partial charge in [0.1, 0.15) is 11.6 Å². The summed E-state index contributed by atoms with van der Waals surface area (Å²) in [5.41, 5.74) is 1.83. The van der Waals surface area contributed by atoms with Crippen molar-refractivity contribution in [3.63, 3.8) is 0 Å². The summed E-state index contributed by atoms with van der Waals surface area (Å²) in [4.78, 5) is 8.46. The zero-order valence-corrected chi connectivity index (χ0v) is 10.7. The minimum atomic E-state index is 0.750. The van der Waals surface area contributed by atoms with Gasteiger partial charge in [-0.15, -0.1) is 0 Å². The molecular weight excluding hydrogens is 268 g/mol. The number of methoxy groups -OCH3 is 1. The van der Waals surface area contributed by atoms with E-state index in [0.29, 0.717) is 0 Å². The van der Waals surface area contributed by atoms with Gasteiger partial charge in [0.15, 0.2) is 0 Å². The van der Waals surface area contributed by atoms with Gasteiger partial charge in [0.05, 0.1) is 12.8 Å². The molecule has 0 N–H and O–H groups in total. The number of hydrogen-bond acceptors (Lipinski definition) is 3. The number of benzene rings is 1. The molecule has 0 aliphatic rings. The lowest BCUT2D eigenvalue weighted by atomic mass is 10.1. The van der Waals surface area contributed by atoms with Crippen molar-refractivity contribution < 1.29 is 4.74 Å². The number of halogens is 1. The molecule has 3 nitrogen and oxygen atoms in total. The van der Waals surface area contributed by atoms with Gasteiger partial charge in [0.2, 0.25) is 0 Å². The highest BCUT2D eigenvalue weighted by atomic mass is 79.9. The summed E-state index contributed by atoms with van der Waals surface area (Å²) in [6.45, 7) is 1.87. The topological polar surface area (TPSA) is 35.0 Å². The van der Waals surface area contributed by atoms with Gasteiger partial charge in [-0.3, -0.25) is 0 Å². The highest BCUT2D eigenvalue weighted by Gasteiger charge is 2.07. The summed E-state index contributed by atoms with van der Waals surface area (Å²) in [6, 6.07) is 7.71. The Balaban J connectivity index is 2.58. The van der Waals surface area contributed by atoms with Gasteiger partial charge in [-0.2, -0.15) is 0 Å². The van der Waals surface area contributed by atoms with Crippen LogP contribution in [0.15, 0.2) is 34.9 Å². The van der Waals surface area contributed by atoms with Crippen LogP contribution < -0.4 is 4.74 Å². The molecule has 0 atom stereocenters. The molecule has 1 heterocycles. The Morgan fingerprint density at radius 2 is 2.06 bits per heavy atom. The molecule has 16 heavy (non-hydrogen) atoms. The molecule has 0 fully saturated rings. The van der Waals surface area contributed by atoms with Crippen LogP contribution >= 0.6 is 15.9 Å². The largest absolute Gasteiger partial charge is 0.496 e. The van der Waals surface area contributed by atoms with Crippen LogP contribution in [-0.4, -0.2) is 17.1 Å². The minimum absolute atomic E-state index is 0.750. The van der Waals surface area contributed by atoms with Crippen LogP contribution in [0.1, 0.15) is 5.82 Å². The molecule has 0 saturated heterocycles. The molecule has 0 bridgehead atoms. The predicted octanol–water partition coefficient (Wildman–Crippen LogP) is 3.22. The average molecular weight is 279 g/mol. The first-order valence-corrected chi connectivity index (χ1v) is 5.63. The quantitative estimate of drug-likeness (QED) is 0.846. The lowest BCUT2D eigenvalue weighted by Crippen LogP contribution is -1.93. The first-order valence-electron chi connectivity index (χ1n) is 4.84. The first-order chi connectivity index (χ1) is 7.70. The van der Waals surface area contributed by atoms with Crippen LogP contribution in [0.3, 0.4) is 0 Å². The Labute approximate surface area is 103 Å². The fraction of sp³-hybridized carbons (Fsp3) is 0.167. The molecular formula is C12H11BrN2O. The smallest absolute Gasteiger partial charge is 0.128 e. The average Bonchev–Trinajstić information content (AvgIpc) is 2.29. The molecule has 0 amide bonds. The Bertz CT molecular complexity index is 514. The van der Waals surface area contributed by atoms with E-state index in [9.17, 15) is 0 Å². The van der Waals surface area contributed by atoms with Crippen molar-refractivity contribution in [2.24, 2.45) is 0 Å². The fourth-order valence-corrected chi connectivity index (χ4v) is 1.85. The Morgan fingerprint density at radius 1 is 1.25 bits per heavy atom. The maximum absolute atomic E-state index is 5.31. The summed E-state index contributed by atoms with van der Waals surface area (Å²) in [6.07, 6.45) is 1.75. The molecule has 0 spiro atoms. The van der Waals surface area contributed by atoms with Gasteiger partial charge in [0.25, 0.3) is 0 Å². The maximum atomic E-state index is 5.31. The molecule has 1 aromatic carbocycles. The third-order valence-corrected chi connectivity index (χ3v) is 2.71. The molecule has 0 radical (unpaired) electrons. The number of aryl methyl sites for hydroxylation is 1. The van der Waals surface area contributed by atoms with E-state index in [2.05, 4.69) is 25.9 Å². The second kappa shape index (κ2) is 4.61. The van der Waals surface area contributed by atoms with Crippen LogP contribution in [0, 0.1) is 6.92 Å². The molecule has 4 heteroatoms. The van der Waals surface area contributed by atoms with Crippen molar-refractivity contribution in [2.75, 3.05) is 7.11 Å². The monoisotopic (exact) mass is 278 g/mol. The van der Waals surface area contributed by atoms with E-state index in [0.717, 1.165) is 27.3 Å². The van der Waals surface area contributed by atoms with E-state index in [1.807, 2.05) is 31.2 Å². The van der Waals surface area contributed by atoms with Crippen LogP contribution in [0.25, 0.3) is 11.3 Å². The van der Waals surface area contributed by atoms with E-state index < -0.39 is 0 Å². The zero-order chi connectivity index (χ0) is 11.5. The molecule has 0 unspecified atom stereocenters. The summed E-state index contributed by atoms with van der Waals surface area (Å²) < 4.78 is 6.31. The van der Waals surface area contributed by atoms with Crippen molar-refractivity contribution in [2.45, 2.75) is 6.92 Å². The second-order valence-corrected chi connectivity index (χ2v) is 4.25. The second-order valence-electron chi connectivity index (χ2n) is 3.33. The van der Waals surface area contributed by atoms with Crippen molar-refractivity contribution >= 4 is 15.9 Å². The van der Waals surface area contributed by atoms with Crippen molar-refractivity contribution in [3.8, 4) is 17.0 Å². The summed E-state index contributed by atoms with van der Waals surface area (Å²) >= 11 is 3.44. The number of rotatable bonds is 2. The Morgan fingerprint density at radius 3 is 2.75 bits per heavy atom. The number of hydrogen-bond donors (Lipinski definition) is 0. The standard InChI is InChI=1S/C12H11BrN2O/c1-8-14-6-5-11(15-8)10-7-9(13)3-4-12(10)16-2/h3-7H,1-2H3. The molecule has 0 saturated carbocycles. The van der Waals surface area contributed by atoms with E-state index in [4.69, 9.17) is 4.74 Å². The highest BCUT2D eigenvalue weighted by molar-refractivity contribution is 9.10. The van der Waals surface area contributed by atoms with Gasteiger partial charge in [0, 0.05) is 16.2 Å². The molecule has 2 aromatic rings. The number of nitrogens with zero attached hydrogens (tertiary/aromatic N) is 2. The first kappa shape index (κ1) is 11.1. The van der Waals surface area contributed by atoms with E-state index >= 15 is 0 Å². The van der Waals surface area contributed by atoms with Gasteiger partial charge in [-0.05, 0) is 31.2 Å². The molecule has 0 aliphatic carbocycles. The highest BCUT2D eigenvalue weighted by Crippen LogP contribution is 2.31. The molecule has 0 aliphatic heterocycles. The van der Waals surface area contributed by atoms with Crippen molar-refractivity contribution in [1.29, 1.82) is 0 Å². The van der Waals surface area contributed by atoms with Crippen LogP contribution in [0.2, 0.25) is 0 Å². The molecule has 82 valence electrons. The van der Waals surface area contributed by atoms with Crippen molar-refractivity contribution in [1.82, 2.24) is 9.97 Å². The molecule has 1 aromatic heterocycles. The maximum Gasteiger partial charge on any atom is 0.128 e. The third-order valence-electron chi connectivity index (χ3n) is 2.21. The normalized spacial score (nSPS) is 10.2. The van der Waals surface area contributed by atoms with Crippen LogP contribution in [0.5, 0.6) is 5.75 Å². The summed E-state index contributed by atoms with van der Waals surface area (Å²) in [5.74, 6) is 1.56. The summed E-state index contributed by atoms with van der Waals surface area (Å²) in [5, 5.41) is 0. The fourth-order valence-electron chi connectivity index (χ4n) is 1.49. The number of aromatic nitrogens is 2. The third kappa shape index (κ3) is 2.22. The van der Waals surface area contributed by atoms with Crippen LogP contribution in [0.4, 0.5) is 0 Å². The Kier molecular flexibility index (Phi) is 3.19. The van der Waals surface area contributed by atoms with Crippen LogP contribution in [-0.2, 0) is 0 Å². The van der Waals surface area contributed by atoms with E-state index in [1.165, 1.54) is 0 Å². The van der Waals surface area contributed by atoms with Gasteiger partial charge in [-0.25, -0.2) is 9.97 Å². The SMILES string of the molecule is COc1ccc(Br)cc1-c1ccnc(C)n1. The van der Waals surface area contributed by atoms with Gasteiger partial charge in [-0.1, -0.05) is 15.9 Å². The minimum Gasteiger partial charge on any atom is -0.496 e. The lowest BCUT2D eigenvalue weighted by molar-refractivity contribution is 0.416. The lowest BCUT2D eigenvalue weighted by Gasteiger charge is -2.08. The van der Waals surface area contributed by atoms with Gasteiger partial charge < -0.3 is 4.74 Å². The van der Waals surface area contributed by atoms with E-state index in [-0.39, 0.29) is 0 Å².